The van der Waals surface area contributed by atoms with E-state index in [9.17, 15) is 4.79 Å². The lowest BCUT2D eigenvalue weighted by atomic mass is 9.82. The number of hydrogen-bond donors (Lipinski definition) is 0. The minimum Gasteiger partial charge on any atom is -0.338 e. The summed E-state index contributed by atoms with van der Waals surface area (Å²) in [6.07, 6.45) is 4.22. The molecule has 1 aliphatic heterocycles. The molecule has 3 heteroatoms. The van der Waals surface area contributed by atoms with E-state index in [2.05, 4.69) is 28.9 Å². The van der Waals surface area contributed by atoms with Gasteiger partial charge in [-0.05, 0) is 80.5 Å². The zero-order valence-electron chi connectivity index (χ0n) is 14.5. The summed E-state index contributed by atoms with van der Waals surface area (Å²) in [5.41, 5.74) is 3.98. The van der Waals surface area contributed by atoms with Crippen molar-refractivity contribution in [2.24, 2.45) is 23.7 Å². The number of nitrogens with zero attached hydrogens (tertiary/aromatic N) is 2. The second-order valence-corrected chi connectivity index (χ2v) is 8.18. The standard InChI is InChI=1S/C21H24N2O/c1-12-7-13(2)22-20-9-16(5-6-17(12)20)21(24)23-10-18-14-3-4-15(8-14)19(18)11-23/h5-7,9,14-15,18-19H,3-4,8,10-11H2,1-2H3/t14-,15+,18-,19+. The summed E-state index contributed by atoms with van der Waals surface area (Å²) in [5, 5.41) is 1.15. The van der Waals surface area contributed by atoms with Gasteiger partial charge in [0.15, 0.2) is 0 Å². The van der Waals surface area contributed by atoms with Gasteiger partial charge in [0.25, 0.3) is 5.91 Å². The van der Waals surface area contributed by atoms with Gasteiger partial charge >= 0.3 is 0 Å². The Kier molecular flexibility index (Phi) is 3.04. The van der Waals surface area contributed by atoms with Crippen molar-refractivity contribution in [2.75, 3.05) is 13.1 Å². The predicted octanol–water partition coefficient (Wildman–Crippen LogP) is 3.97. The molecule has 4 atom stereocenters. The fourth-order valence-corrected chi connectivity index (χ4v) is 5.73. The normalized spacial score (nSPS) is 31.0. The number of carbonyl (C=O) groups is 1. The lowest BCUT2D eigenvalue weighted by Crippen LogP contribution is -2.30. The average Bonchev–Trinajstić information content (AvgIpc) is 3.26. The fourth-order valence-electron chi connectivity index (χ4n) is 5.73. The number of likely N-dealkylation sites (tertiary alicyclic amines) is 1. The van der Waals surface area contributed by atoms with Gasteiger partial charge in [-0.2, -0.15) is 0 Å². The van der Waals surface area contributed by atoms with Crippen LogP contribution >= 0.6 is 0 Å². The van der Waals surface area contributed by atoms with Gasteiger partial charge in [0, 0.05) is 29.7 Å². The minimum absolute atomic E-state index is 0.201. The molecule has 3 nitrogen and oxygen atoms in total. The van der Waals surface area contributed by atoms with Crippen molar-refractivity contribution in [2.45, 2.75) is 33.1 Å². The van der Waals surface area contributed by atoms with Gasteiger partial charge in [0.2, 0.25) is 0 Å². The van der Waals surface area contributed by atoms with E-state index in [-0.39, 0.29) is 5.91 Å². The first-order chi connectivity index (χ1) is 11.6. The van der Waals surface area contributed by atoms with Crippen molar-refractivity contribution >= 4 is 16.8 Å². The number of hydrogen-bond acceptors (Lipinski definition) is 2. The van der Waals surface area contributed by atoms with E-state index in [0.29, 0.717) is 0 Å². The molecule has 1 amide bonds. The predicted molar refractivity (Wildman–Crippen MR) is 94.9 cm³/mol. The lowest BCUT2D eigenvalue weighted by molar-refractivity contribution is 0.0776. The number of benzene rings is 1. The van der Waals surface area contributed by atoms with Crippen molar-refractivity contribution in [3.8, 4) is 0 Å². The number of pyridine rings is 1. The van der Waals surface area contributed by atoms with Crippen molar-refractivity contribution < 1.29 is 4.79 Å². The topological polar surface area (TPSA) is 33.2 Å². The lowest BCUT2D eigenvalue weighted by Gasteiger charge is -2.22. The molecule has 2 heterocycles. The highest BCUT2D eigenvalue weighted by molar-refractivity contribution is 5.98. The van der Waals surface area contributed by atoms with Crippen LogP contribution in [0.2, 0.25) is 0 Å². The summed E-state index contributed by atoms with van der Waals surface area (Å²) in [7, 11) is 0. The van der Waals surface area contributed by atoms with Gasteiger partial charge in [-0.3, -0.25) is 9.78 Å². The Bertz CT molecular complexity index is 825. The maximum absolute atomic E-state index is 13.0. The maximum atomic E-state index is 13.0. The molecule has 3 fully saturated rings. The molecule has 2 aromatic rings. The summed E-state index contributed by atoms with van der Waals surface area (Å²) in [6, 6.07) is 8.13. The molecule has 5 rings (SSSR count). The van der Waals surface area contributed by atoms with Crippen LogP contribution in [0.3, 0.4) is 0 Å². The first-order valence-electron chi connectivity index (χ1n) is 9.27. The average molecular weight is 320 g/mol. The van der Waals surface area contributed by atoms with Crippen molar-refractivity contribution in [3.05, 3.63) is 41.1 Å². The van der Waals surface area contributed by atoms with Crippen molar-refractivity contribution in [1.29, 1.82) is 0 Å². The molecule has 1 aromatic carbocycles. The molecule has 0 spiro atoms. The highest BCUT2D eigenvalue weighted by atomic mass is 16.2. The number of carbonyl (C=O) groups excluding carboxylic acids is 1. The molecule has 2 bridgehead atoms. The number of fused-ring (bicyclic) bond motifs is 6. The zero-order valence-corrected chi connectivity index (χ0v) is 14.5. The fraction of sp³-hybridized carbons (Fsp3) is 0.524. The Morgan fingerprint density at radius 3 is 2.50 bits per heavy atom. The highest BCUT2D eigenvalue weighted by Crippen LogP contribution is 2.55. The Hall–Kier alpha value is -1.90. The molecule has 3 aliphatic rings. The van der Waals surface area contributed by atoms with E-state index >= 15 is 0 Å². The molecule has 0 radical (unpaired) electrons. The molecule has 124 valence electrons. The third kappa shape index (κ3) is 2.03. The second-order valence-electron chi connectivity index (χ2n) is 8.18. The molecular formula is C21H24N2O. The summed E-state index contributed by atoms with van der Waals surface area (Å²) >= 11 is 0. The smallest absolute Gasteiger partial charge is 0.253 e. The van der Waals surface area contributed by atoms with Crippen LogP contribution in [0.1, 0.15) is 40.9 Å². The minimum atomic E-state index is 0.201. The van der Waals surface area contributed by atoms with E-state index in [1.165, 1.54) is 24.8 Å². The van der Waals surface area contributed by atoms with E-state index in [0.717, 1.165) is 58.9 Å². The quantitative estimate of drug-likeness (QED) is 0.796. The summed E-state index contributed by atoms with van der Waals surface area (Å²) < 4.78 is 0. The van der Waals surface area contributed by atoms with Crippen LogP contribution in [-0.4, -0.2) is 28.9 Å². The van der Waals surface area contributed by atoms with Gasteiger partial charge in [-0.25, -0.2) is 0 Å². The third-order valence-electron chi connectivity index (χ3n) is 6.82. The van der Waals surface area contributed by atoms with E-state index in [1.807, 2.05) is 19.1 Å². The van der Waals surface area contributed by atoms with E-state index in [1.54, 1.807) is 0 Å². The van der Waals surface area contributed by atoms with Crippen molar-refractivity contribution in [3.63, 3.8) is 0 Å². The molecule has 1 aromatic heterocycles. The van der Waals surface area contributed by atoms with Gasteiger partial charge in [-0.15, -0.1) is 0 Å². The van der Waals surface area contributed by atoms with E-state index < -0.39 is 0 Å². The number of aryl methyl sites for hydroxylation is 2. The number of rotatable bonds is 1. The second kappa shape index (κ2) is 5.05. The Balaban J connectivity index is 1.44. The molecule has 0 N–H and O–H groups in total. The van der Waals surface area contributed by atoms with Crippen LogP contribution in [0.4, 0.5) is 0 Å². The van der Waals surface area contributed by atoms with Crippen LogP contribution in [0, 0.1) is 37.5 Å². The Morgan fingerprint density at radius 2 is 1.79 bits per heavy atom. The molecule has 1 saturated heterocycles. The molecule has 2 saturated carbocycles. The third-order valence-corrected chi connectivity index (χ3v) is 6.82. The highest BCUT2D eigenvalue weighted by Gasteiger charge is 2.52. The monoisotopic (exact) mass is 320 g/mol. The van der Waals surface area contributed by atoms with Gasteiger partial charge < -0.3 is 4.90 Å². The molecule has 2 aliphatic carbocycles. The van der Waals surface area contributed by atoms with Crippen LogP contribution < -0.4 is 0 Å². The first kappa shape index (κ1) is 14.4. The first-order valence-corrected chi connectivity index (χ1v) is 9.27. The van der Waals surface area contributed by atoms with Gasteiger partial charge in [0.1, 0.15) is 0 Å². The summed E-state index contributed by atoms with van der Waals surface area (Å²) in [6.45, 7) is 6.07. The number of aromatic nitrogens is 1. The summed E-state index contributed by atoms with van der Waals surface area (Å²) in [4.78, 5) is 19.8. The zero-order chi connectivity index (χ0) is 16.4. The van der Waals surface area contributed by atoms with Crippen LogP contribution in [0.25, 0.3) is 10.9 Å². The Morgan fingerprint density at radius 1 is 1.08 bits per heavy atom. The van der Waals surface area contributed by atoms with Crippen molar-refractivity contribution in [1.82, 2.24) is 9.88 Å². The Labute approximate surface area is 143 Å². The summed E-state index contributed by atoms with van der Waals surface area (Å²) in [5.74, 6) is 3.53. The van der Waals surface area contributed by atoms with Crippen LogP contribution in [0.5, 0.6) is 0 Å². The maximum Gasteiger partial charge on any atom is 0.253 e. The van der Waals surface area contributed by atoms with Gasteiger partial charge in [-0.1, -0.05) is 6.07 Å². The molecule has 0 unspecified atom stereocenters. The largest absolute Gasteiger partial charge is 0.338 e. The van der Waals surface area contributed by atoms with Crippen LogP contribution in [0.15, 0.2) is 24.3 Å². The van der Waals surface area contributed by atoms with Gasteiger partial charge in [0.05, 0.1) is 5.52 Å². The molecule has 24 heavy (non-hydrogen) atoms. The van der Waals surface area contributed by atoms with E-state index in [4.69, 9.17) is 0 Å². The molecular weight excluding hydrogens is 296 g/mol. The number of amides is 1. The van der Waals surface area contributed by atoms with Crippen LogP contribution in [-0.2, 0) is 0 Å². The SMILES string of the molecule is Cc1cc(C)c2ccc(C(=O)N3C[C@@H]4[C@@H]5CC[C@@H](C5)[C@@H]4C3)cc2n1.